The number of hydrogen-bond donors (Lipinski definition) is 1. The first-order valence-corrected chi connectivity index (χ1v) is 10.5. The van der Waals surface area contributed by atoms with Crippen molar-refractivity contribution in [1.29, 1.82) is 0 Å². The molecule has 0 unspecified atom stereocenters. The van der Waals surface area contributed by atoms with Gasteiger partial charge in [-0.1, -0.05) is 37.6 Å². The lowest BCUT2D eigenvalue weighted by atomic mass is 10.1. The zero-order valence-electron chi connectivity index (χ0n) is 17.4. The molecule has 0 spiro atoms. The number of pyridine rings is 1. The molecule has 166 valence electrons. The summed E-state index contributed by atoms with van der Waals surface area (Å²) in [6.07, 6.45) is 3.10. The maximum Gasteiger partial charge on any atom is 0.339 e. The lowest BCUT2D eigenvalue weighted by molar-refractivity contribution is -0.386. The molecule has 0 atom stereocenters. The number of aromatic nitrogens is 2. The van der Waals surface area contributed by atoms with Crippen LogP contribution >= 0.6 is 11.3 Å². The number of aryl methyl sites for hydroxylation is 1. The molecule has 0 aliphatic heterocycles. The van der Waals surface area contributed by atoms with Crippen LogP contribution in [-0.2, 0) is 22.5 Å². The summed E-state index contributed by atoms with van der Waals surface area (Å²) >= 11 is 1.21. The normalized spacial score (nSPS) is 10.6. The van der Waals surface area contributed by atoms with E-state index < -0.39 is 34.6 Å². The highest BCUT2D eigenvalue weighted by Gasteiger charge is 2.21. The van der Waals surface area contributed by atoms with Crippen LogP contribution in [-0.4, -0.2) is 33.5 Å². The van der Waals surface area contributed by atoms with Crippen molar-refractivity contribution in [2.45, 2.75) is 26.3 Å². The van der Waals surface area contributed by atoms with Crippen molar-refractivity contribution in [3.8, 4) is 11.3 Å². The van der Waals surface area contributed by atoms with Gasteiger partial charge in [0.05, 0.1) is 23.3 Å². The predicted octanol–water partition coefficient (Wildman–Crippen LogP) is 3.26. The molecule has 0 aliphatic carbocycles. The fraction of sp³-hybridized carbons (Fsp3) is 0.238. The van der Waals surface area contributed by atoms with E-state index in [1.54, 1.807) is 5.38 Å². The smallest absolute Gasteiger partial charge is 0.339 e. The molecule has 3 aromatic rings. The summed E-state index contributed by atoms with van der Waals surface area (Å²) < 4.78 is 5.34. The number of carbonyl (C=O) groups excluding carboxylic acids is 2. The number of nitrogens with one attached hydrogen (secondary N) is 1. The third kappa shape index (κ3) is 5.24. The van der Waals surface area contributed by atoms with Gasteiger partial charge < -0.3 is 10.1 Å². The van der Waals surface area contributed by atoms with E-state index in [0.29, 0.717) is 10.8 Å². The zero-order chi connectivity index (χ0) is 23.3. The van der Waals surface area contributed by atoms with Crippen molar-refractivity contribution in [2.24, 2.45) is 0 Å². The molecular formula is C21H20N4O6S. The molecule has 0 saturated carbocycles. The molecule has 0 saturated heterocycles. The number of ether oxygens (including phenoxy) is 1. The van der Waals surface area contributed by atoms with Gasteiger partial charge in [0.15, 0.2) is 5.13 Å². The van der Waals surface area contributed by atoms with E-state index in [9.17, 15) is 24.5 Å². The van der Waals surface area contributed by atoms with Crippen LogP contribution in [0, 0.1) is 10.1 Å². The van der Waals surface area contributed by atoms with Crippen LogP contribution in [0.3, 0.4) is 0 Å². The second kappa shape index (κ2) is 9.96. The third-order valence-electron chi connectivity index (χ3n) is 4.54. The van der Waals surface area contributed by atoms with Crippen LogP contribution < -0.4 is 10.9 Å². The Balaban J connectivity index is 1.76. The second-order valence-corrected chi connectivity index (χ2v) is 7.69. The number of thiazole rings is 1. The number of nitro groups is 1. The molecule has 1 amide bonds. The molecule has 32 heavy (non-hydrogen) atoms. The lowest BCUT2D eigenvalue weighted by Gasteiger charge is -2.07. The first kappa shape index (κ1) is 22.8. The van der Waals surface area contributed by atoms with Crippen molar-refractivity contribution >= 4 is 34.0 Å². The number of amides is 1. The molecule has 0 radical (unpaired) electrons. The summed E-state index contributed by atoms with van der Waals surface area (Å²) in [5.41, 5.74) is 0.769. The summed E-state index contributed by atoms with van der Waals surface area (Å²) in [4.78, 5) is 51.1. The number of esters is 1. The zero-order valence-corrected chi connectivity index (χ0v) is 18.2. The number of anilines is 1. The molecule has 0 aliphatic rings. The first-order valence-electron chi connectivity index (χ1n) is 9.64. The Morgan fingerprint density at radius 2 is 2.00 bits per heavy atom. The number of nitrogens with zero attached hydrogens (tertiary/aromatic N) is 3. The SMILES string of the molecule is CCCc1ccc(-c2csc(NC(=O)Cn3cc(C(=O)OC)cc([N+](=O)[O-])c3=O)n2)cc1. The largest absolute Gasteiger partial charge is 0.465 e. The van der Waals surface area contributed by atoms with Gasteiger partial charge in [-0.3, -0.25) is 24.3 Å². The number of benzene rings is 1. The van der Waals surface area contributed by atoms with E-state index >= 15 is 0 Å². The molecular weight excluding hydrogens is 436 g/mol. The van der Waals surface area contributed by atoms with E-state index in [0.717, 1.165) is 42.3 Å². The van der Waals surface area contributed by atoms with Crippen LogP contribution in [0.5, 0.6) is 0 Å². The van der Waals surface area contributed by atoms with Crippen LogP contribution in [0.1, 0.15) is 29.3 Å². The summed E-state index contributed by atoms with van der Waals surface area (Å²) in [5.74, 6) is -1.49. The maximum absolute atomic E-state index is 12.4. The van der Waals surface area contributed by atoms with Gasteiger partial charge in [-0.2, -0.15) is 0 Å². The van der Waals surface area contributed by atoms with Crippen molar-refractivity contribution in [3.05, 3.63) is 73.5 Å². The Morgan fingerprint density at radius 3 is 2.62 bits per heavy atom. The lowest BCUT2D eigenvalue weighted by Crippen LogP contribution is -2.29. The minimum atomic E-state index is -1.01. The Bertz CT molecular complexity index is 1220. The molecule has 10 nitrogen and oxygen atoms in total. The second-order valence-electron chi connectivity index (χ2n) is 6.83. The Labute approximate surface area is 186 Å². The molecule has 0 fully saturated rings. The van der Waals surface area contributed by atoms with Gasteiger partial charge in [0.25, 0.3) is 0 Å². The Kier molecular flexibility index (Phi) is 7.11. The van der Waals surface area contributed by atoms with Gasteiger partial charge in [0.1, 0.15) is 6.54 Å². The third-order valence-corrected chi connectivity index (χ3v) is 5.30. The van der Waals surface area contributed by atoms with Crippen molar-refractivity contribution in [2.75, 3.05) is 12.4 Å². The fourth-order valence-electron chi connectivity index (χ4n) is 3.01. The molecule has 2 heterocycles. The number of carbonyl (C=O) groups is 2. The number of hydrogen-bond acceptors (Lipinski definition) is 8. The maximum atomic E-state index is 12.4. The topological polar surface area (TPSA) is 133 Å². The van der Waals surface area contributed by atoms with Crippen molar-refractivity contribution in [1.82, 2.24) is 9.55 Å². The first-order chi connectivity index (χ1) is 15.3. The number of methoxy groups -OCH3 is 1. The van der Waals surface area contributed by atoms with E-state index in [2.05, 4.69) is 22.0 Å². The highest BCUT2D eigenvalue weighted by molar-refractivity contribution is 7.14. The molecule has 11 heteroatoms. The van der Waals surface area contributed by atoms with E-state index in [1.165, 1.54) is 16.9 Å². The van der Waals surface area contributed by atoms with Gasteiger partial charge >= 0.3 is 17.2 Å². The molecule has 1 N–H and O–H groups in total. The van der Waals surface area contributed by atoms with Gasteiger partial charge in [-0.25, -0.2) is 9.78 Å². The van der Waals surface area contributed by atoms with E-state index in [1.807, 2.05) is 24.3 Å². The van der Waals surface area contributed by atoms with E-state index in [-0.39, 0.29) is 5.56 Å². The summed E-state index contributed by atoms with van der Waals surface area (Å²) in [6, 6.07) is 8.81. The van der Waals surface area contributed by atoms with Gasteiger partial charge in [-0.15, -0.1) is 11.3 Å². The van der Waals surface area contributed by atoms with Crippen LogP contribution in [0.4, 0.5) is 10.8 Å². The Morgan fingerprint density at radius 1 is 1.28 bits per heavy atom. The standard InChI is InChI=1S/C21H20N4O6S/c1-3-4-13-5-7-14(8-6-13)16-12-32-21(22-16)23-18(26)11-24-10-15(20(28)31-2)9-17(19(24)27)25(29)30/h5-10,12H,3-4,11H2,1-2H3,(H,22,23,26). The van der Waals surface area contributed by atoms with Gasteiger partial charge in [0, 0.05) is 23.2 Å². The predicted molar refractivity (Wildman–Crippen MR) is 119 cm³/mol. The highest BCUT2D eigenvalue weighted by atomic mass is 32.1. The average Bonchev–Trinajstić information content (AvgIpc) is 3.23. The molecule has 2 aromatic heterocycles. The minimum Gasteiger partial charge on any atom is -0.465 e. The van der Waals surface area contributed by atoms with Gasteiger partial charge in [0.2, 0.25) is 5.91 Å². The average molecular weight is 456 g/mol. The molecule has 0 bridgehead atoms. The Hall–Kier alpha value is -3.86. The summed E-state index contributed by atoms with van der Waals surface area (Å²) in [7, 11) is 1.10. The van der Waals surface area contributed by atoms with Crippen LogP contribution in [0.25, 0.3) is 11.3 Å². The molecule has 3 rings (SSSR count). The highest BCUT2D eigenvalue weighted by Crippen LogP contribution is 2.25. The monoisotopic (exact) mass is 456 g/mol. The minimum absolute atomic E-state index is 0.213. The van der Waals surface area contributed by atoms with Crippen molar-refractivity contribution in [3.63, 3.8) is 0 Å². The van der Waals surface area contributed by atoms with Crippen LogP contribution in [0.15, 0.2) is 46.7 Å². The van der Waals surface area contributed by atoms with Crippen LogP contribution in [0.2, 0.25) is 0 Å². The van der Waals surface area contributed by atoms with Crippen molar-refractivity contribution < 1.29 is 19.2 Å². The summed E-state index contributed by atoms with van der Waals surface area (Å²) in [6.45, 7) is 1.58. The van der Waals surface area contributed by atoms with E-state index in [4.69, 9.17) is 0 Å². The summed E-state index contributed by atoms with van der Waals surface area (Å²) in [5, 5.41) is 15.8. The molecule has 1 aromatic carbocycles. The quantitative estimate of drug-likeness (QED) is 0.312. The number of rotatable bonds is 8. The fourth-order valence-corrected chi connectivity index (χ4v) is 3.74. The van der Waals surface area contributed by atoms with Gasteiger partial charge in [-0.05, 0) is 12.0 Å².